The van der Waals surface area contributed by atoms with Crippen molar-refractivity contribution in [3.8, 4) is 0 Å². The molecule has 1 aliphatic heterocycles. The van der Waals surface area contributed by atoms with Crippen LogP contribution < -0.4 is 0 Å². The Labute approximate surface area is 161 Å². The Hall–Kier alpha value is -2.53. The first kappa shape index (κ1) is 19.2. The molecule has 2 aromatic heterocycles. The average Bonchev–Trinajstić information content (AvgIpc) is 3.34. The van der Waals surface area contributed by atoms with E-state index in [0.717, 1.165) is 39.0 Å². The van der Waals surface area contributed by atoms with Crippen LogP contribution in [-0.4, -0.2) is 44.7 Å². The van der Waals surface area contributed by atoms with Gasteiger partial charge in [-0.2, -0.15) is 0 Å². The number of aryl methyl sites for hydroxylation is 2. The summed E-state index contributed by atoms with van der Waals surface area (Å²) in [5.74, 6) is -0.794. The number of carboxylic acids is 1. The number of aromatic nitrogens is 2. The normalized spacial score (nSPS) is 14.8. The summed E-state index contributed by atoms with van der Waals surface area (Å²) in [5, 5.41) is 9.22. The molecule has 0 aliphatic carbocycles. The minimum absolute atomic E-state index is 0.519. The van der Waals surface area contributed by atoms with Crippen LogP contribution in [0.5, 0.6) is 0 Å². The number of rotatable bonds is 8. The van der Waals surface area contributed by atoms with Gasteiger partial charge in [0.05, 0.1) is 0 Å². The predicted octanol–water partition coefficient (Wildman–Crippen LogP) is 3.87. The highest BCUT2D eigenvalue weighted by atomic mass is 16.4. The number of hydrogen-bond acceptors (Lipinski definition) is 2. The van der Waals surface area contributed by atoms with Gasteiger partial charge in [0.15, 0.2) is 0 Å². The lowest BCUT2D eigenvalue weighted by atomic mass is 10.1. The Morgan fingerprint density at radius 2 is 1.74 bits per heavy atom. The lowest BCUT2D eigenvalue weighted by Gasteiger charge is -2.25. The van der Waals surface area contributed by atoms with E-state index in [4.69, 9.17) is 0 Å². The summed E-state index contributed by atoms with van der Waals surface area (Å²) in [5.41, 5.74) is 4.23. The molecule has 3 rings (SSSR count). The quantitative estimate of drug-likeness (QED) is 0.771. The van der Waals surface area contributed by atoms with Gasteiger partial charge in [0, 0.05) is 67.7 Å². The minimum Gasteiger partial charge on any atom is -0.478 e. The van der Waals surface area contributed by atoms with Crippen LogP contribution in [0.3, 0.4) is 0 Å². The molecule has 0 atom stereocenters. The van der Waals surface area contributed by atoms with Crippen LogP contribution in [0.25, 0.3) is 5.57 Å². The van der Waals surface area contributed by atoms with E-state index in [1.54, 1.807) is 0 Å². The molecule has 2 aromatic rings. The molecule has 0 radical (unpaired) electrons. The maximum Gasteiger partial charge on any atom is 0.332 e. The van der Waals surface area contributed by atoms with E-state index in [1.807, 2.05) is 6.08 Å². The van der Waals surface area contributed by atoms with E-state index in [0.29, 0.717) is 12.1 Å². The van der Waals surface area contributed by atoms with Crippen molar-refractivity contribution in [2.75, 3.05) is 19.6 Å². The minimum atomic E-state index is -0.794. The lowest BCUT2D eigenvalue weighted by molar-refractivity contribution is -0.133. The SMILES string of the molecule is CCn1cccc1C(=CCCN1CCC=C(C(=O)O)C1)c1cccn1CC. The fraction of sp³-hybridized carbons (Fsp3) is 0.409. The van der Waals surface area contributed by atoms with Crippen LogP contribution in [0.4, 0.5) is 0 Å². The molecular formula is C22H29N3O2. The van der Waals surface area contributed by atoms with Gasteiger partial charge in [-0.15, -0.1) is 0 Å². The van der Waals surface area contributed by atoms with Gasteiger partial charge in [-0.25, -0.2) is 4.79 Å². The molecule has 0 fully saturated rings. The monoisotopic (exact) mass is 367 g/mol. The highest BCUT2D eigenvalue weighted by Gasteiger charge is 2.17. The molecular weight excluding hydrogens is 338 g/mol. The van der Waals surface area contributed by atoms with Crippen LogP contribution >= 0.6 is 0 Å². The summed E-state index contributed by atoms with van der Waals surface area (Å²) < 4.78 is 4.54. The van der Waals surface area contributed by atoms with Crippen LogP contribution in [0.2, 0.25) is 0 Å². The van der Waals surface area contributed by atoms with E-state index in [1.165, 1.54) is 17.0 Å². The molecule has 1 aliphatic rings. The van der Waals surface area contributed by atoms with E-state index in [-0.39, 0.29) is 0 Å². The van der Waals surface area contributed by atoms with Gasteiger partial charge in [0.2, 0.25) is 0 Å². The zero-order valence-electron chi connectivity index (χ0n) is 16.3. The Kier molecular flexibility index (Phi) is 6.35. The largest absolute Gasteiger partial charge is 0.478 e. The fourth-order valence-corrected chi connectivity index (χ4v) is 3.75. The average molecular weight is 367 g/mol. The molecule has 0 aromatic carbocycles. The standard InChI is InChI=1S/C22H29N3O2/c1-3-24-15-7-11-20(24)19(21-12-8-16-25(21)4-2)10-6-14-23-13-5-9-18(17-23)22(26)27/h7-12,15-16H,3-6,13-14,17H2,1-2H3,(H,26,27). The molecule has 27 heavy (non-hydrogen) atoms. The van der Waals surface area contributed by atoms with E-state index in [2.05, 4.69) is 70.6 Å². The highest BCUT2D eigenvalue weighted by Crippen LogP contribution is 2.25. The molecule has 144 valence electrons. The third-order valence-corrected chi connectivity index (χ3v) is 5.19. The maximum absolute atomic E-state index is 11.2. The van der Waals surface area contributed by atoms with Crippen molar-refractivity contribution in [3.05, 3.63) is 65.8 Å². The van der Waals surface area contributed by atoms with Gasteiger partial charge in [0.1, 0.15) is 0 Å². The second-order valence-electron chi connectivity index (χ2n) is 6.86. The summed E-state index contributed by atoms with van der Waals surface area (Å²) in [7, 11) is 0. The fourth-order valence-electron chi connectivity index (χ4n) is 3.75. The highest BCUT2D eigenvalue weighted by molar-refractivity contribution is 5.87. The molecule has 5 nitrogen and oxygen atoms in total. The van der Waals surface area contributed by atoms with Gasteiger partial charge in [-0.05, 0) is 51.0 Å². The molecule has 0 amide bonds. The molecule has 0 unspecified atom stereocenters. The maximum atomic E-state index is 11.2. The smallest absolute Gasteiger partial charge is 0.332 e. The Bertz CT molecular complexity index is 797. The number of nitrogens with zero attached hydrogens (tertiary/aromatic N) is 3. The molecule has 5 heteroatoms. The van der Waals surface area contributed by atoms with Crippen molar-refractivity contribution in [1.29, 1.82) is 0 Å². The van der Waals surface area contributed by atoms with E-state index >= 15 is 0 Å². The van der Waals surface area contributed by atoms with Gasteiger partial charge in [0.25, 0.3) is 0 Å². The van der Waals surface area contributed by atoms with E-state index < -0.39 is 5.97 Å². The first-order valence-electron chi connectivity index (χ1n) is 9.79. The second kappa shape index (κ2) is 8.91. The molecule has 0 saturated carbocycles. The molecule has 0 bridgehead atoms. The zero-order valence-corrected chi connectivity index (χ0v) is 16.3. The molecule has 0 spiro atoms. The summed E-state index contributed by atoms with van der Waals surface area (Å²) in [6, 6.07) is 8.55. The van der Waals surface area contributed by atoms with Gasteiger partial charge in [-0.1, -0.05) is 12.2 Å². The third-order valence-electron chi connectivity index (χ3n) is 5.19. The Balaban J connectivity index is 1.79. The van der Waals surface area contributed by atoms with Crippen molar-refractivity contribution in [3.63, 3.8) is 0 Å². The first-order valence-corrected chi connectivity index (χ1v) is 9.79. The van der Waals surface area contributed by atoms with Crippen LogP contribution in [0.15, 0.2) is 54.4 Å². The van der Waals surface area contributed by atoms with Crippen LogP contribution in [0, 0.1) is 0 Å². The second-order valence-corrected chi connectivity index (χ2v) is 6.86. The number of aliphatic carboxylic acids is 1. The number of carbonyl (C=O) groups is 1. The molecule has 3 heterocycles. The molecule has 1 N–H and O–H groups in total. The Morgan fingerprint density at radius 1 is 1.11 bits per heavy atom. The van der Waals surface area contributed by atoms with Crippen molar-refractivity contribution in [2.24, 2.45) is 0 Å². The van der Waals surface area contributed by atoms with Crippen molar-refractivity contribution >= 4 is 11.5 Å². The third kappa shape index (κ3) is 4.42. The van der Waals surface area contributed by atoms with Gasteiger partial charge >= 0.3 is 5.97 Å². The van der Waals surface area contributed by atoms with Crippen molar-refractivity contribution in [1.82, 2.24) is 14.0 Å². The van der Waals surface area contributed by atoms with E-state index in [9.17, 15) is 9.90 Å². The zero-order chi connectivity index (χ0) is 19.2. The summed E-state index contributed by atoms with van der Waals surface area (Å²) in [6.45, 7) is 8.53. The summed E-state index contributed by atoms with van der Waals surface area (Å²) in [6.07, 6.45) is 10.1. The first-order chi connectivity index (χ1) is 13.1. The summed E-state index contributed by atoms with van der Waals surface area (Å²) >= 11 is 0. The van der Waals surface area contributed by atoms with Crippen LogP contribution in [-0.2, 0) is 17.9 Å². The van der Waals surface area contributed by atoms with Crippen molar-refractivity contribution in [2.45, 2.75) is 39.8 Å². The molecule has 0 saturated heterocycles. The summed E-state index contributed by atoms with van der Waals surface area (Å²) in [4.78, 5) is 13.5. The number of carboxylic acid groups (broad SMARTS) is 1. The predicted molar refractivity (Wildman–Crippen MR) is 109 cm³/mol. The van der Waals surface area contributed by atoms with Crippen molar-refractivity contribution < 1.29 is 9.90 Å². The van der Waals surface area contributed by atoms with Crippen LogP contribution in [0.1, 0.15) is 38.1 Å². The number of hydrogen-bond donors (Lipinski definition) is 1. The Morgan fingerprint density at radius 3 is 2.30 bits per heavy atom. The van der Waals surface area contributed by atoms with Gasteiger partial charge < -0.3 is 14.2 Å². The lowest BCUT2D eigenvalue weighted by Crippen LogP contribution is -2.32. The van der Waals surface area contributed by atoms with Gasteiger partial charge in [-0.3, -0.25) is 4.90 Å². The topological polar surface area (TPSA) is 50.4 Å².